The number of carbonyl (C=O) groups is 2. The van der Waals surface area contributed by atoms with E-state index in [9.17, 15) is 30.0 Å². The molecule has 0 bridgehead atoms. The van der Waals surface area contributed by atoms with E-state index in [1.807, 2.05) is 6.08 Å². The van der Waals surface area contributed by atoms with Crippen LogP contribution in [0.3, 0.4) is 0 Å². The molecule has 6 atom stereocenters. The standard InChI is InChI=1S/C55H88O10/c1-3-5-7-9-11-13-15-17-19-21-22-23-24-25-26-28-29-31-33-35-37-39-41-43-50(57)62-46-48(47-63-55-54(61)53(60)52(59)49(45-56)65-55)64-51(58)44-42-40-38-36-34-32-30-27-20-18-16-14-12-10-8-6-4-2/h5-8,11-14,17-20,22-23,30,32,36,38,48-49,52-56,59-61H,3-4,9-10,15-16,21,24-29,31,33-35,37,39-47H2,1-2H3/b7-5-,8-6-,13-11-,14-12-,19-17-,20-18-,23-22-,32-30-,38-36-. The van der Waals surface area contributed by atoms with Gasteiger partial charge in [0.2, 0.25) is 0 Å². The molecule has 1 rings (SSSR count). The molecule has 0 aliphatic carbocycles. The predicted octanol–water partition coefficient (Wildman–Crippen LogP) is 11.7. The fourth-order valence-corrected chi connectivity index (χ4v) is 6.80. The minimum atomic E-state index is -1.61. The molecule has 1 heterocycles. The zero-order valence-electron chi connectivity index (χ0n) is 40.2. The number of carbonyl (C=O) groups excluding carboxylic acids is 2. The van der Waals surface area contributed by atoms with Crippen molar-refractivity contribution in [3.05, 3.63) is 109 Å². The van der Waals surface area contributed by atoms with E-state index >= 15 is 0 Å². The smallest absolute Gasteiger partial charge is 0.306 e. The van der Waals surface area contributed by atoms with Gasteiger partial charge in [0, 0.05) is 12.8 Å². The molecule has 0 spiro atoms. The third-order valence-corrected chi connectivity index (χ3v) is 10.7. The van der Waals surface area contributed by atoms with Gasteiger partial charge in [-0.15, -0.1) is 0 Å². The first-order valence-corrected chi connectivity index (χ1v) is 25.0. The summed E-state index contributed by atoms with van der Waals surface area (Å²) in [6.07, 6.45) is 53.8. The average molecular weight is 909 g/mol. The number of hydrogen-bond donors (Lipinski definition) is 4. The topological polar surface area (TPSA) is 152 Å². The molecule has 368 valence electrons. The van der Waals surface area contributed by atoms with Crippen molar-refractivity contribution >= 4 is 11.9 Å². The SMILES string of the molecule is CC/C=C\C/C=C\C/C=C\C/C=C\C/C=C\CCCC(=O)OC(COC(=O)CCCCCCCCCCCC/C=C\C/C=C\C/C=C\C/C=C\CC)COC1OC(CO)C(O)C(O)C1O. The lowest BCUT2D eigenvalue weighted by molar-refractivity contribution is -0.305. The van der Waals surface area contributed by atoms with Crippen LogP contribution in [0.5, 0.6) is 0 Å². The Kier molecular flexibility index (Phi) is 40.4. The molecule has 1 fully saturated rings. The molecule has 0 aromatic heterocycles. The summed E-state index contributed by atoms with van der Waals surface area (Å²) in [5.41, 5.74) is 0. The lowest BCUT2D eigenvalue weighted by Crippen LogP contribution is -2.59. The highest BCUT2D eigenvalue weighted by Crippen LogP contribution is 2.22. The molecule has 4 N–H and O–H groups in total. The average Bonchev–Trinajstić information content (AvgIpc) is 3.30. The molecule has 1 saturated heterocycles. The lowest BCUT2D eigenvalue weighted by Gasteiger charge is -2.39. The maximum atomic E-state index is 12.8. The van der Waals surface area contributed by atoms with Gasteiger partial charge in [-0.2, -0.15) is 0 Å². The first-order valence-electron chi connectivity index (χ1n) is 25.0. The molecule has 10 heteroatoms. The normalized spacial score (nSPS) is 20.2. The van der Waals surface area contributed by atoms with Crippen LogP contribution < -0.4 is 0 Å². The van der Waals surface area contributed by atoms with E-state index in [1.54, 1.807) is 0 Å². The van der Waals surface area contributed by atoms with E-state index in [-0.39, 0.29) is 26.1 Å². The zero-order chi connectivity index (χ0) is 47.3. The molecule has 10 nitrogen and oxygen atoms in total. The largest absolute Gasteiger partial charge is 0.462 e. The Balaban J connectivity index is 2.31. The molecule has 1 aliphatic rings. The van der Waals surface area contributed by atoms with Crippen molar-refractivity contribution in [1.82, 2.24) is 0 Å². The van der Waals surface area contributed by atoms with Gasteiger partial charge < -0.3 is 39.4 Å². The van der Waals surface area contributed by atoms with Crippen LogP contribution in [0.15, 0.2) is 109 Å². The predicted molar refractivity (Wildman–Crippen MR) is 265 cm³/mol. The molecule has 0 aromatic carbocycles. The highest BCUT2D eigenvalue weighted by atomic mass is 16.7. The Morgan fingerprint density at radius 3 is 1.34 bits per heavy atom. The summed E-state index contributed by atoms with van der Waals surface area (Å²) in [4.78, 5) is 25.4. The van der Waals surface area contributed by atoms with E-state index in [4.69, 9.17) is 18.9 Å². The van der Waals surface area contributed by atoms with Crippen molar-refractivity contribution in [1.29, 1.82) is 0 Å². The maximum absolute atomic E-state index is 12.8. The zero-order valence-corrected chi connectivity index (χ0v) is 40.2. The fourth-order valence-electron chi connectivity index (χ4n) is 6.80. The van der Waals surface area contributed by atoms with Gasteiger partial charge in [0.05, 0.1) is 13.2 Å². The van der Waals surface area contributed by atoms with E-state index in [0.717, 1.165) is 83.5 Å². The second-order valence-electron chi connectivity index (χ2n) is 16.5. The van der Waals surface area contributed by atoms with Gasteiger partial charge in [0.15, 0.2) is 12.4 Å². The highest BCUT2D eigenvalue weighted by molar-refractivity contribution is 5.70. The van der Waals surface area contributed by atoms with Crippen molar-refractivity contribution < 1.29 is 49.0 Å². The highest BCUT2D eigenvalue weighted by Gasteiger charge is 2.44. The Morgan fingerprint density at radius 2 is 0.877 bits per heavy atom. The number of esters is 2. The Morgan fingerprint density at radius 1 is 0.477 bits per heavy atom. The van der Waals surface area contributed by atoms with Crippen LogP contribution in [0.4, 0.5) is 0 Å². The van der Waals surface area contributed by atoms with Crippen LogP contribution in [0.1, 0.15) is 168 Å². The van der Waals surface area contributed by atoms with Crippen LogP contribution in [-0.4, -0.2) is 89.0 Å². The summed E-state index contributed by atoms with van der Waals surface area (Å²) in [5.74, 6) is -0.889. The van der Waals surface area contributed by atoms with Crippen LogP contribution >= 0.6 is 0 Å². The summed E-state index contributed by atoms with van der Waals surface area (Å²) < 4.78 is 22.2. The van der Waals surface area contributed by atoms with Crippen LogP contribution in [-0.2, 0) is 28.5 Å². The van der Waals surface area contributed by atoms with E-state index < -0.39 is 55.4 Å². The van der Waals surface area contributed by atoms with Crippen molar-refractivity contribution in [2.24, 2.45) is 0 Å². The summed E-state index contributed by atoms with van der Waals surface area (Å²) in [6.45, 7) is 3.13. The van der Waals surface area contributed by atoms with E-state index in [2.05, 4.69) is 117 Å². The third kappa shape index (κ3) is 35.3. The molecule has 0 radical (unpaired) electrons. The van der Waals surface area contributed by atoms with Crippen LogP contribution in [0.2, 0.25) is 0 Å². The molecule has 0 amide bonds. The Hall–Kier alpha value is -3.64. The number of allylic oxidation sites excluding steroid dienone is 18. The minimum Gasteiger partial charge on any atom is -0.462 e. The lowest BCUT2D eigenvalue weighted by atomic mass is 9.99. The summed E-state index contributed by atoms with van der Waals surface area (Å²) in [5, 5.41) is 40.2. The number of aliphatic hydroxyl groups is 4. The second-order valence-corrected chi connectivity index (χ2v) is 16.5. The molecule has 65 heavy (non-hydrogen) atoms. The van der Waals surface area contributed by atoms with Crippen molar-refractivity contribution in [2.45, 2.75) is 205 Å². The second kappa shape index (κ2) is 44.2. The molecule has 1 aliphatic heterocycles. The first-order chi connectivity index (χ1) is 31.8. The minimum absolute atomic E-state index is 0.144. The first kappa shape index (κ1) is 59.4. The quantitative estimate of drug-likeness (QED) is 0.0266. The number of unbranched alkanes of at least 4 members (excludes halogenated alkanes) is 11. The van der Waals surface area contributed by atoms with Crippen LogP contribution in [0.25, 0.3) is 0 Å². The third-order valence-electron chi connectivity index (χ3n) is 10.7. The van der Waals surface area contributed by atoms with E-state index in [0.29, 0.717) is 19.3 Å². The van der Waals surface area contributed by atoms with Gasteiger partial charge in [-0.1, -0.05) is 175 Å². The molecule has 0 aromatic rings. The molecule has 6 unspecified atom stereocenters. The number of ether oxygens (including phenoxy) is 4. The maximum Gasteiger partial charge on any atom is 0.306 e. The monoisotopic (exact) mass is 909 g/mol. The summed E-state index contributed by atoms with van der Waals surface area (Å²) in [6, 6.07) is 0. The molecule has 0 saturated carbocycles. The van der Waals surface area contributed by atoms with Crippen molar-refractivity contribution in [3.8, 4) is 0 Å². The number of rotatable bonds is 40. The summed E-state index contributed by atoms with van der Waals surface area (Å²) in [7, 11) is 0. The molecular formula is C55H88O10. The van der Waals surface area contributed by atoms with Gasteiger partial charge in [-0.3, -0.25) is 9.59 Å². The fraction of sp³-hybridized carbons (Fsp3) is 0.636. The van der Waals surface area contributed by atoms with Crippen LogP contribution in [0, 0.1) is 0 Å². The van der Waals surface area contributed by atoms with Crippen molar-refractivity contribution in [2.75, 3.05) is 19.8 Å². The van der Waals surface area contributed by atoms with Gasteiger partial charge >= 0.3 is 11.9 Å². The number of hydrogen-bond acceptors (Lipinski definition) is 10. The van der Waals surface area contributed by atoms with Gasteiger partial charge in [0.1, 0.15) is 31.0 Å². The molecular weight excluding hydrogens is 821 g/mol. The van der Waals surface area contributed by atoms with Crippen molar-refractivity contribution in [3.63, 3.8) is 0 Å². The Bertz CT molecular complexity index is 1420. The van der Waals surface area contributed by atoms with E-state index in [1.165, 1.54) is 38.5 Å². The van der Waals surface area contributed by atoms with Gasteiger partial charge in [-0.25, -0.2) is 0 Å². The number of aliphatic hydroxyl groups excluding tert-OH is 4. The summed E-state index contributed by atoms with van der Waals surface area (Å²) >= 11 is 0. The Labute approximate surface area is 393 Å². The van der Waals surface area contributed by atoms with Gasteiger partial charge in [0.25, 0.3) is 0 Å². The van der Waals surface area contributed by atoms with Gasteiger partial charge in [-0.05, 0) is 89.9 Å².